The molecule has 4 aromatic rings. The molecule has 1 saturated carbocycles. The van der Waals surface area contributed by atoms with E-state index in [4.69, 9.17) is 18.9 Å². The lowest BCUT2D eigenvalue weighted by Gasteiger charge is -2.31. The van der Waals surface area contributed by atoms with Crippen LogP contribution in [-0.2, 0) is 14.3 Å². The second kappa shape index (κ2) is 13.9. The summed E-state index contributed by atoms with van der Waals surface area (Å²) < 4.78 is 51.2. The van der Waals surface area contributed by atoms with Crippen molar-refractivity contribution in [1.82, 2.24) is 9.88 Å². The predicted octanol–water partition coefficient (Wildman–Crippen LogP) is 5.09. The van der Waals surface area contributed by atoms with Crippen LogP contribution in [0.25, 0.3) is 10.9 Å². The van der Waals surface area contributed by atoms with Gasteiger partial charge in [0.05, 0.1) is 32.4 Å². The highest BCUT2D eigenvalue weighted by Crippen LogP contribution is 2.47. The lowest BCUT2D eigenvalue weighted by atomic mass is 10.0. The molecule has 2 aliphatic rings. The van der Waals surface area contributed by atoms with E-state index in [-0.39, 0.29) is 11.4 Å². The van der Waals surface area contributed by atoms with Gasteiger partial charge in [-0.2, -0.15) is 0 Å². The van der Waals surface area contributed by atoms with Gasteiger partial charge in [0.15, 0.2) is 23.1 Å². The fourth-order valence-corrected chi connectivity index (χ4v) is 5.32. The lowest BCUT2D eigenvalue weighted by Crippen LogP contribution is -2.45. The Kier molecular flexibility index (Phi) is 9.48. The molecule has 1 aromatic heterocycles. The van der Waals surface area contributed by atoms with Gasteiger partial charge in [0.2, 0.25) is 11.8 Å². The van der Waals surface area contributed by atoms with E-state index in [1.807, 2.05) is 4.90 Å². The van der Waals surface area contributed by atoms with Crippen molar-refractivity contribution in [3.8, 4) is 23.0 Å². The Morgan fingerprint density at radius 3 is 2.43 bits per heavy atom. The molecule has 1 aliphatic heterocycles. The van der Waals surface area contributed by atoms with Crippen molar-refractivity contribution in [2.24, 2.45) is 5.41 Å². The number of anilines is 2. The summed E-state index contributed by atoms with van der Waals surface area (Å²) in [6, 6.07) is 14.2. The third kappa shape index (κ3) is 7.27. The number of nitrogens with one attached hydrogen (secondary N) is 2. The maximum Gasteiger partial charge on any atom is 0.240 e. The summed E-state index contributed by atoms with van der Waals surface area (Å²) in [6.07, 6.45) is 2.25. The first-order chi connectivity index (χ1) is 22.8. The van der Waals surface area contributed by atoms with Gasteiger partial charge in [-0.25, -0.2) is 8.78 Å². The third-order valence-corrected chi connectivity index (χ3v) is 8.18. The van der Waals surface area contributed by atoms with Crippen LogP contribution in [0.4, 0.5) is 20.2 Å². The van der Waals surface area contributed by atoms with E-state index in [1.165, 1.54) is 49.7 Å². The van der Waals surface area contributed by atoms with E-state index in [0.29, 0.717) is 86.0 Å². The minimum Gasteiger partial charge on any atom is -0.493 e. The smallest absolute Gasteiger partial charge is 0.240 e. The van der Waals surface area contributed by atoms with Crippen LogP contribution in [0, 0.1) is 17.0 Å². The Morgan fingerprint density at radius 1 is 0.979 bits per heavy atom. The van der Waals surface area contributed by atoms with Crippen LogP contribution in [0.3, 0.4) is 0 Å². The standard InChI is InChI=1S/C34H34F2N4O7/c1-44-29-18-24-26(19-30(29)46-15-2-13-40-14-16-45-20-31(40)41)37-12-9-27(24)47-28-8-7-23(17-25(28)36)39-33(43)34(10-11-34)32(42)38-22-5-3-21(35)4-6-22/h3-9,12,17-19,31,41H,2,10-11,13-16,20H2,1H3,(H,38,42)(H,39,43). The van der Waals surface area contributed by atoms with Gasteiger partial charge >= 0.3 is 0 Å². The molecule has 1 unspecified atom stereocenters. The number of carbonyl (C=O) groups is 2. The molecule has 1 atom stereocenters. The topological polar surface area (TPSA) is 131 Å². The molecule has 13 heteroatoms. The number of nitrogens with zero attached hydrogens (tertiary/aromatic N) is 2. The van der Waals surface area contributed by atoms with Gasteiger partial charge in [0, 0.05) is 48.2 Å². The third-order valence-electron chi connectivity index (χ3n) is 8.18. The number of pyridine rings is 1. The molecular formula is C34H34F2N4O7. The summed E-state index contributed by atoms with van der Waals surface area (Å²) in [6.45, 7) is 2.57. The number of amides is 2. The Bertz CT molecular complexity index is 1770. The number of fused-ring (bicyclic) bond motifs is 1. The van der Waals surface area contributed by atoms with Gasteiger partial charge in [0.25, 0.3) is 0 Å². The van der Waals surface area contributed by atoms with Crippen molar-refractivity contribution in [2.75, 3.05) is 50.7 Å². The number of halogens is 2. The molecule has 6 rings (SSSR count). The zero-order valence-electron chi connectivity index (χ0n) is 25.6. The number of aromatic nitrogens is 1. The van der Waals surface area contributed by atoms with Gasteiger partial charge < -0.3 is 34.7 Å². The van der Waals surface area contributed by atoms with Crippen molar-refractivity contribution >= 4 is 34.1 Å². The van der Waals surface area contributed by atoms with Crippen molar-refractivity contribution in [1.29, 1.82) is 0 Å². The van der Waals surface area contributed by atoms with Crippen molar-refractivity contribution in [2.45, 2.75) is 25.5 Å². The zero-order chi connectivity index (χ0) is 33.0. The van der Waals surface area contributed by atoms with Crippen LogP contribution in [0.2, 0.25) is 0 Å². The molecule has 11 nitrogen and oxygen atoms in total. The molecule has 3 aromatic carbocycles. The molecule has 3 N–H and O–H groups in total. The van der Waals surface area contributed by atoms with Crippen molar-refractivity contribution in [3.05, 3.63) is 78.5 Å². The maximum atomic E-state index is 15.2. The Morgan fingerprint density at radius 2 is 1.72 bits per heavy atom. The van der Waals surface area contributed by atoms with E-state index in [1.54, 1.807) is 18.2 Å². The molecule has 2 heterocycles. The van der Waals surface area contributed by atoms with Crippen LogP contribution in [-0.4, -0.2) is 73.1 Å². The Balaban J connectivity index is 1.10. The van der Waals surface area contributed by atoms with Crippen LogP contribution in [0.1, 0.15) is 19.3 Å². The molecule has 0 radical (unpaired) electrons. The number of aliphatic hydroxyl groups excluding tert-OH is 1. The zero-order valence-corrected chi connectivity index (χ0v) is 25.6. The Hall–Kier alpha value is -4.85. The number of morpholine rings is 1. The second-order valence-corrected chi connectivity index (χ2v) is 11.4. The van der Waals surface area contributed by atoms with E-state index >= 15 is 4.39 Å². The van der Waals surface area contributed by atoms with Crippen molar-refractivity contribution < 1.29 is 42.4 Å². The van der Waals surface area contributed by atoms with E-state index in [2.05, 4.69) is 15.6 Å². The number of methoxy groups -OCH3 is 1. The van der Waals surface area contributed by atoms with Crippen LogP contribution in [0.15, 0.2) is 66.9 Å². The largest absolute Gasteiger partial charge is 0.493 e. The van der Waals surface area contributed by atoms with E-state index < -0.39 is 35.1 Å². The molecule has 0 spiro atoms. The molecule has 2 fully saturated rings. The SMILES string of the molecule is COc1cc2c(Oc3ccc(NC(=O)C4(C(=O)Nc5ccc(F)cc5)CC4)cc3F)ccnc2cc1OCCCN1CCOCC1O. The molecule has 246 valence electrons. The summed E-state index contributed by atoms with van der Waals surface area (Å²) in [4.78, 5) is 32.2. The summed E-state index contributed by atoms with van der Waals surface area (Å²) in [5, 5.41) is 15.9. The van der Waals surface area contributed by atoms with Gasteiger partial charge in [-0.15, -0.1) is 0 Å². The molecule has 2 amide bonds. The van der Waals surface area contributed by atoms with Gasteiger partial charge in [0.1, 0.15) is 23.2 Å². The Labute approximate surface area is 269 Å². The number of ether oxygens (including phenoxy) is 4. The highest BCUT2D eigenvalue weighted by Gasteiger charge is 2.56. The summed E-state index contributed by atoms with van der Waals surface area (Å²) in [5.41, 5.74) is -0.219. The first-order valence-corrected chi connectivity index (χ1v) is 15.2. The fraction of sp³-hybridized carbons (Fsp3) is 0.324. The predicted molar refractivity (Wildman–Crippen MR) is 169 cm³/mol. The molecule has 0 bridgehead atoms. The maximum absolute atomic E-state index is 15.2. The number of hydrogen-bond acceptors (Lipinski definition) is 9. The number of aliphatic hydroxyl groups is 1. The van der Waals surface area contributed by atoms with Gasteiger partial charge in [-0.3, -0.25) is 19.5 Å². The van der Waals surface area contributed by atoms with Gasteiger partial charge in [-0.1, -0.05) is 0 Å². The molecule has 1 aliphatic carbocycles. The highest BCUT2D eigenvalue weighted by atomic mass is 19.1. The summed E-state index contributed by atoms with van der Waals surface area (Å²) in [7, 11) is 1.51. The summed E-state index contributed by atoms with van der Waals surface area (Å²) in [5.74, 6) is -1.08. The average Bonchev–Trinajstić information content (AvgIpc) is 3.89. The quantitative estimate of drug-likeness (QED) is 0.142. The molecule has 1 saturated heterocycles. The van der Waals surface area contributed by atoms with Gasteiger partial charge in [-0.05, 0) is 67.8 Å². The van der Waals surface area contributed by atoms with E-state index in [9.17, 15) is 19.1 Å². The second-order valence-electron chi connectivity index (χ2n) is 11.4. The summed E-state index contributed by atoms with van der Waals surface area (Å²) >= 11 is 0. The number of benzene rings is 3. The molecular weight excluding hydrogens is 614 g/mol. The van der Waals surface area contributed by atoms with Crippen LogP contribution < -0.4 is 24.8 Å². The first-order valence-electron chi connectivity index (χ1n) is 15.2. The van der Waals surface area contributed by atoms with E-state index in [0.717, 1.165) is 6.07 Å². The first kappa shape index (κ1) is 32.1. The minimum atomic E-state index is -1.29. The number of hydrogen-bond donors (Lipinski definition) is 3. The number of rotatable bonds is 12. The van der Waals surface area contributed by atoms with Crippen molar-refractivity contribution in [3.63, 3.8) is 0 Å². The van der Waals surface area contributed by atoms with Crippen LogP contribution in [0.5, 0.6) is 23.0 Å². The molecule has 47 heavy (non-hydrogen) atoms. The monoisotopic (exact) mass is 648 g/mol. The van der Waals surface area contributed by atoms with Crippen LogP contribution >= 0.6 is 0 Å². The minimum absolute atomic E-state index is 0.0877. The fourth-order valence-electron chi connectivity index (χ4n) is 5.32. The highest BCUT2D eigenvalue weighted by molar-refractivity contribution is 6.16. The normalized spacial score (nSPS) is 17.1. The lowest BCUT2D eigenvalue weighted by molar-refractivity contribution is -0.131. The average molecular weight is 649 g/mol. The number of carbonyl (C=O) groups excluding carboxylic acids is 2.